The molecule has 0 atom stereocenters. The molecule has 0 unspecified atom stereocenters. The molecule has 2 heterocycles. The highest BCUT2D eigenvalue weighted by Gasteiger charge is 2.30. The summed E-state index contributed by atoms with van der Waals surface area (Å²) in [5.41, 5.74) is -1.51. The number of H-pyrrole nitrogens is 1. The molecule has 0 radical (unpaired) electrons. The minimum absolute atomic E-state index is 0.0000810. The first-order valence-electron chi connectivity index (χ1n) is 8.48. The average molecular weight is 406 g/mol. The average Bonchev–Trinajstić information content (AvgIpc) is 2.70. The third-order valence-corrected chi connectivity index (χ3v) is 4.20. The number of esters is 1. The maximum Gasteiger partial charge on any atom is 0.416 e. The van der Waals surface area contributed by atoms with Crippen LogP contribution >= 0.6 is 0 Å². The van der Waals surface area contributed by atoms with Gasteiger partial charge in [-0.05, 0) is 36.4 Å². The quantitative estimate of drug-likeness (QED) is 0.673. The maximum absolute atomic E-state index is 12.9. The molecule has 1 aromatic heterocycles. The number of fused-ring (bicyclic) bond motifs is 2. The third-order valence-electron chi connectivity index (χ3n) is 4.20. The van der Waals surface area contributed by atoms with Crippen LogP contribution in [0.25, 0.3) is 10.9 Å². The zero-order chi connectivity index (χ0) is 20.6. The predicted molar refractivity (Wildman–Crippen MR) is 93.9 cm³/mol. The fraction of sp³-hybridized carbons (Fsp3) is 0.211. The first kappa shape index (κ1) is 18.8. The zero-order valence-electron chi connectivity index (χ0n) is 14.7. The molecule has 1 aliphatic rings. The van der Waals surface area contributed by atoms with E-state index in [4.69, 9.17) is 14.2 Å². The van der Waals surface area contributed by atoms with Crippen LogP contribution in [0.5, 0.6) is 11.5 Å². The molecule has 0 spiro atoms. The molecule has 0 fully saturated rings. The van der Waals surface area contributed by atoms with Crippen molar-refractivity contribution in [2.24, 2.45) is 0 Å². The van der Waals surface area contributed by atoms with E-state index in [1.54, 1.807) is 6.07 Å². The van der Waals surface area contributed by atoms with Crippen molar-refractivity contribution in [2.45, 2.75) is 12.8 Å². The Labute approximate surface area is 161 Å². The standard InChI is InChI=1S/C19H13F3N2O5/c20-19(21,22)11-2-3-12-13(8-11)23-16(24-17(12)25)9-29-18(26)10-1-4-14-15(7-10)28-6-5-27-14/h1-4,7-8H,5-6,9H2,(H,23,24,25). The van der Waals surface area contributed by atoms with Gasteiger partial charge in [0.15, 0.2) is 11.5 Å². The number of carbonyl (C=O) groups is 1. The van der Waals surface area contributed by atoms with E-state index in [-0.39, 0.29) is 22.3 Å². The number of alkyl halides is 3. The number of nitrogens with one attached hydrogen (secondary N) is 1. The van der Waals surface area contributed by atoms with Gasteiger partial charge in [0.25, 0.3) is 5.56 Å². The van der Waals surface area contributed by atoms with Crippen molar-refractivity contribution in [3.05, 3.63) is 63.7 Å². The van der Waals surface area contributed by atoms with Gasteiger partial charge in [0.1, 0.15) is 25.6 Å². The molecule has 150 valence electrons. The summed E-state index contributed by atoms with van der Waals surface area (Å²) in [6, 6.07) is 7.15. The van der Waals surface area contributed by atoms with Crippen LogP contribution < -0.4 is 15.0 Å². The van der Waals surface area contributed by atoms with Gasteiger partial charge in [-0.1, -0.05) is 0 Å². The summed E-state index contributed by atoms with van der Waals surface area (Å²) >= 11 is 0. The summed E-state index contributed by atoms with van der Waals surface area (Å²) in [6.45, 7) is 0.343. The van der Waals surface area contributed by atoms with E-state index in [0.29, 0.717) is 24.7 Å². The Bertz CT molecular complexity index is 1160. The number of ether oxygens (including phenoxy) is 3. The summed E-state index contributed by atoms with van der Waals surface area (Å²) in [5.74, 6) is 0.123. The largest absolute Gasteiger partial charge is 0.486 e. The second kappa shape index (κ2) is 7.12. The van der Waals surface area contributed by atoms with Gasteiger partial charge in [-0.25, -0.2) is 9.78 Å². The van der Waals surface area contributed by atoms with Gasteiger partial charge in [0, 0.05) is 0 Å². The third kappa shape index (κ3) is 3.86. The van der Waals surface area contributed by atoms with Crippen molar-refractivity contribution < 1.29 is 32.2 Å². The molecule has 7 nitrogen and oxygen atoms in total. The van der Waals surface area contributed by atoms with E-state index >= 15 is 0 Å². The van der Waals surface area contributed by atoms with Crippen LogP contribution in [0.4, 0.5) is 13.2 Å². The molecule has 29 heavy (non-hydrogen) atoms. The molecular weight excluding hydrogens is 393 g/mol. The Morgan fingerprint density at radius 2 is 1.86 bits per heavy atom. The van der Waals surface area contributed by atoms with Crippen LogP contribution in [0.1, 0.15) is 21.7 Å². The molecule has 0 aliphatic carbocycles. The molecule has 3 aromatic rings. The van der Waals surface area contributed by atoms with Gasteiger partial charge < -0.3 is 19.2 Å². The molecule has 10 heteroatoms. The molecule has 1 aliphatic heterocycles. The van der Waals surface area contributed by atoms with Gasteiger partial charge in [0.05, 0.1) is 22.0 Å². The predicted octanol–water partition coefficient (Wildman–Crippen LogP) is 3.07. The molecular formula is C19H13F3N2O5. The number of aromatic nitrogens is 2. The topological polar surface area (TPSA) is 90.5 Å². The van der Waals surface area contributed by atoms with Crippen molar-refractivity contribution in [1.82, 2.24) is 9.97 Å². The number of rotatable bonds is 3. The zero-order valence-corrected chi connectivity index (χ0v) is 14.7. The first-order chi connectivity index (χ1) is 13.8. The van der Waals surface area contributed by atoms with Gasteiger partial charge in [-0.15, -0.1) is 0 Å². The number of hydrogen-bond acceptors (Lipinski definition) is 6. The van der Waals surface area contributed by atoms with E-state index < -0.39 is 29.9 Å². The fourth-order valence-electron chi connectivity index (χ4n) is 2.82. The molecule has 0 amide bonds. The SMILES string of the molecule is O=C(OCc1nc2cc(C(F)(F)F)ccc2c(=O)[nH]1)c1ccc2c(c1)OCCO2. The molecule has 1 N–H and O–H groups in total. The first-order valence-corrected chi connectivity index (χ1v) is 8.48. The Morgan fingerprint density at radius 3 is 2.62 bits per heavy atom. The fourth-order valence-corrected chi connectivity index (χ4v) is 2.82. The second-order valence-corrected chi connectivity index (χ2v) is 6.18. The highest BCUT2D eigenvalue weighted by Crippen LogP contribution is 2.31. The summed E-state index contributed by atoms with van der Waals surface area (Å²) in [5, 5.41) is -0.0000810. The van der Waals surface area contributed by atoms with E-state index in [2.05, 4.69) is 9.97 Å². The summed E-state index contributed by atoms with van der Waals surface area (Å²) < 4.78 is 54.5. The van der Waals surface area contributed by atoms with Crippen molar-refractivity contribution in [3.63, 3.8) is 0 Å². The van der Waals surface area contributed by atoms with Crippen molar-refractivity contribution >= 4 is 16.9 Å². The molecule has 0 saturated heterocycles. The van der Waals surface area contributed by atoms with Crippen LogP contribution in [-0.2, 0) is 17.5 Å². The number of hydrogen-bond donors (Lipinski definition) is 1. The Kier molecular flexibility index (Phi) is 4.61. The van der Waals surface area contributed by atoms with Crippen LogP contribution in [0.3, 0.4) is 0 Å². The minimum Gasteiger partial charge on any atom is -0.486 e. The molecule has 2 aromatic carbocycles. The van der Waals surface area contributed by atoms with Gasteiger partial charge in [-0.3, -0.25) is 4.79 Å². The van der Waals surface area contributed by atoms with Crippen molar-refractivity contribution in [3.8, 4) is 11.5 Å². The maximum atomic E-state index is 12.9. The molecule has 4 rings (SSSR count). The smallest absolute Gasteiger partial charge is 0.416 e. The summed E-state index contributed by atoms with van der Waals surface area (Å²) in [7, 11) is 0. The second-order valence-electron chi connectivity index (χ2n) is 6.18. The summed E-state index contributed by atoms with van der Waals surface area (Å²) in [6.07, 6.45) is -4.57. The van der Waals surface area contributed by atoms with E-state index in [1.165, 1.54) is 12.1 Å². The van der Waals surface area contributed by atoms with Gasteiger partial charge in [-0.2, -0.15) is 13.2 Å². The number of nitrogens with zero attached hydrogens (tertiary/aromatic N) is 1. The lowest BCUT2D eigenvalue weighted by molar-refractivity contribution is -0.137. The highest BCUT2D eigenvalue weighted by atomic mass is 19.4. The Balaban J connectivity index is 1.54. The Hall–Kier alpha value is -3.56. The number of benzene rings is 2. The van der Waals surface area contributed by atoms with Crippen LogP contribution in [0.2, 0.25) is 0 Å². The van der Waals surface area contributed by atoms with Crippen LogP contribution in [0.15, 0.2) is 41.2 Å². The lowest BCUT2D eigenvalue weighted by atomic mass is 10.1. The monoisotopic (exact) mass is 406 g/mol. The number of halogens is 3. The molecule has 0 saturated carbocycles. The number of carbonyl (C=O) groups excluding carboxylic acids is 1. The lowest BCUT2D eigenvalue weighted by Gasteiger charge is -2.18. The van der Waals surface area contributed by atoms with Crippen LogP contribution in [0, 0.1) is 0 Å². The van der Waals surface area contributed by atoms with Crippen LogP contribution in [-0.4, -0.2) is 29.2 Å². The van der Waals surface area contributed by atoms with Gasteiger partial charge in [0.2, 0.25) is 0 Å². The Morgan fingerprint density at radius 1 is 1.10 bits per heavy atom. The van der Waals surface area contributed by atoms with E-state index in [1.807, 2.05) is 0 Å². The van der Waals surface area contributed by atoms with E-state index in [0.717, 1.165) is 18.2 Å². The molecule has 0 bridgehead atoms. The normalized spacial score (nSPS) is 13.3. The lowest BCUT2D eigenvalue weighted by Crippen LogP contribution is -2.17. The van der Waals surface area contributed by atoms with Crippen molar-refractivity contribution in [2.75, 3.05) is 13.2 Å². The van der Waals surface area contributed by atoms with E-state index in [9.17, 15) is 22.8 Å². The van der Waals surface area contributed by atoms with Gasteiger partial charge >= 0.3 is 12.1 Å². The minimum atomic E-state index is -4.57. The number of aromatic amines is 1. The summed E-state index contributed by atoms with van der Waals surface area (Å²) in [4.78, 5) is 30.7. The van der Waals surface area contributed by atoms with Crippen molar-refractivity contribution in [1.29, 1.82) is 0 Å². The highest BCUT2D eigenvalue weighted by molar-refractivity contribution is 5.90.